The fourth-order valence-corrected chi connectivity index (χ4v) is 4.58. The van der Waals surface area contributed by atoms with Crippen LogP contribution in [0.2, 0.25) is 5.02 Å². The van der Waals surface area contributed by atoms with Crippen molar-refractivity contribution in [2.24, 2.45) is 7.05 Å². The molecule has 0 bridgehead atoms. The summed E-state index contributed by atoms with van der Waals surface area (Å²) in [6.07, 6.45) is 0.225. The number of rotatable bonds is 6. The number of halogens is 3. The number of nitrogens with zero attached hydrogens (tertiary/aromatic N) is 3. The first-order valence-corrected chi connectivity index (χ1v) is 11.8. The maximum absolute atomic E-state index is 13.4. The lowest BCUT2D eigenvalue weighted by Gasteiger charge is -2.34. The van der Waals surface area contributed by atoms with Gasteiger partial charge in [0, 0.05) is 30.4 Å². The summed E-state index contributed by atoms with van der Waals surface area (Å²) in [6.45, 7) is 0.229. The molecule has 2 amide bonds. The number of benzene rings is 2. The zero-order chi connectivity index (χ0) is 25.1. The number of aryl methyl sites for hydroxylation is 1. The van der Waals surface area contributed by atoms with Crippen molar-refractivity contribution in [2.75, 3.05) is 12.4 Å². The van der Waals surface area contributed by atoms with Gasteiger partial charge in [0.25, 0.3) is 0 Å². The van der Waals surface area contributed by atoms with Crippen LogP contribution in [0.15, 0.2) is 48.5 Å². The highest BCUT2D eigenvalue weighted by Gasteiger charge is 2.35. The van der Waals surface area contributed by atoms with Crippen LogP contribution in [0.4, 0.5) is 14.5 Å². The van der Waals surface area contributed by atoms with Crippen molar-refractivity contribution in [3.05, 3.63) is 70.9 Å². The van der Waals surface area contributed by atoms with E-state index in [2.05, 4.69) is 20.5 Å². The molecule has 184 valence electrons. The second kappa shape index (κ2) is 10.7. The van der Waals surface area contributed by atoms with Crippen LogP contribution in [-0.2, 0) is 23.2 Å². The number of nitrogens with one attached hydrogen (secondary N) is 3. The van der Waals surface area contributed by atoms with E-state index in [0.717, 1.165) is 23.4 Å². The maximum Gasteiger partial charge on any atom is 0.242 e. The molecule has 2 atom stereocenters. The summed E-state index contributed by atoms with van der Waals surface area (Å²) >= 11 is 6.95. The Morgan fingerprint density at radius 2 is 1.89 bits per heavy atom. The normalized spacial score (nSPS) is 18.3. The van der Waals surface area contributed by atoms with Gasteiger partial charge in [0.2, 0.25) is 11.8 Å². The van der Waals surface area contributed by atoms with E-state index >= 15 is 0 Å². The highest BCUT2D eigenvalue weighted by molar-refractivity contribution is 7.95. The van der Waals surface area contributed by atoms with Crippen molar-refractivity contribution < 1.29 is 18.4 Å². The van der Waals surface area contributed by atoms with Gasteiger partial charge < -0.3 is 10.6 Å². The molecule has 1 aromatic heterocycles. The maximum atomic E-state index is 13.4. The first kappa shape index (κ1) is 25.1. The van der Waals surface area contributed by atoms with E-state index < -0.39 is 17.9 Å². The van der Waals surface area contributed by atoms with E-state index in [0.29, 0.717) is 11.4 Å². The quantitative estimate of drug-likeness (QED) is 0.431. The van der Waals surface area contributed by atoms with E-state index in [1.54, 1.807) is 35.2 Å². The zero-order valence-electron chi connectivity index (χ0n) is 18.9. The van der Waals surface area contributed by atoms with Crippen LogP contribution in [-0.4, -0.2) is 45.0 Å². The second-order valence-corrected chi connectivity index (χ2v) is 9.45. The highest BCUT2D eigenvalue weighted by Crippen LogP contribution is 2.24. The van der Waals surface area contributed by atoms with Crippen molar-refractivity contribution in [3.8, 4) is 11.3 Å². The first-order valence-electron chi connectivity index (χ1n) is 10.7. The zero-order valence-corrected chi connectivity index (χ0v) is 20.5. The van der Waals surface area contributed by atoms with Gasteiger partial charge in [-0.2, -0.15) is 5.10 Å². The van der Waals surface area contributed by atoms with Gasteiger partial charge >= 0.3 is 0 Å². The summed E-state index contributed by atoms with van der Waals surface area (Å²) in [7, 11) is 3.50. The van der Waals surface area contributed by atoms with Gasteiger partial charge in [-0.3, -0.25) is 14.3 Å². The van der Waals surface area contributed by atoms with Crippen LogP contribution >= 0.6 is 23.7 Å². The summed E-state index contributed by atoms with van der Waals surface area (Å²) in [5, 5.41) is 9.93. The summed E-state index contributed by atoms with van der Waals surface area (Å²) in [5.41, 5.74) is 2.57. The number of hydrogen-bond acceptors (Lipinski definition) is 6. The lowest BCUT2D eigenvalue weighted by molar-refractivity contribution is -0.124. The number of amides is 2. The number of anilines is 1. The van der Waals surface area contributed by atoms with Gasteiger partial charge in [0.05, 0.1) is 29.0 Å². The van der Waals surface area contributed by atoms with Gasteiger partial charge in [0.1, 0.15) is 17.7 Å². The molecule has 3 N–H and O–H groups in total. The average Bonchev–Trinajstić information content (AvgIpc) is 3.21. The largest absolute Gasteiger partial charge is 0.349 e. The van der Waals surface area contributed by atoms with Gasteiger partial charge in [-0.05, 0) is 62.0 Å². The van der Waals surface area contributed by atoms with E-state index in [-0.39, 0.29) is 35.6 Å². The molecule has 0 saturated carbocycles. The third kappa shape index (κ3) is 5.99. The van der Waals surface area contributed by atoms with E-state index in [1.165, 1.54) is 30.3 Å². The Hall–Kier alpha value is -2.99. The molecule has 12 heteroatoms. The standard InChI is InChI=1S/C23H23ClF2N6O2S/c1-31-16(10-19(29-31)13-3-5-14(25)6-4-13)12-27-22(33)20-11-21(32(2)35-30-20)23(34)28-15-7-8-18(26)17(24)9-15/h3-10,20-21,30H,11-12H2,1-2H3,(H,27,33)(H,28,34). The smallest absolute Gasteiger partial charge is 0.242 e. The summed E-state index contributed by atoms with van der Waals surface area (Å²) < 4.78 is 33.0. The number of carbonyl (C=O) groups excluding carboxylic acids is 2. The Labute approximate surface area is 210 Å². The lowest BCUT2D eigenvalue weighted by atomic mass is 10.1. The van der Waals surface area contributed by atoms with Crippen molar-refractivity contribution in [1.29, 1.82) is 0 Å². The minimum Gasteiger partial charge on any atom is -0.349 e. The SMILES string of the molecule is CN1SNC(C(=O)NCc2cc(-c3ccc(F)cc3)nn2C)CC1C(=O)Nc1ccc(F)c(Cl)c1. The average molecular weight is 521 g/mol. The monoisotopic (exact) mass is 520 g/mol. The molecule has 1 saturated heterocycles. The molecular formula is C23H23ClF2N6O2S. The topological polar surface area (TPSA) is 91.3 Å². The predicted octanol–water partition coefficient (Wildman–Crippen LogP) is 3.50. The Morgan fingerprint density at radius 3 is 2.60 bits per heavy atom. The molecule has 1 fully saturated rings. The molecule has 0 spiro atoms. The van der Waals surface area contributed by atoms with Crippen molar-refractivity contribution >= 4 is 41.2 Å². The van der Waals surface area contributed by atoms with Crippen molar-refractivity contribution in [1.82, 2.24) is 24.1 Å². The molecule has 3 aromatic rings. The van der Waals surface area contributed by atoms with E-state index in [1.807, 2.05) is 6.07 Å². The fraction of sp³-hybridized carbons (Fsp3) is 0.261. The van der Waals surface area contributed by atoms with Gasteiger partial charge in [-0.15, -0.1) is 0 Å². The lowest BCUT2D eigenvalue weighted by Crippen LogP contribution is -2.54. The Balaban J connectivity index is 1.36. The first-order chi connectivity index (χ1) is 16.7. The molecule has 0 radical (unpaired) electrons. The molecule has 1 aliphatic heterocycles. The van der Waals surface area contributed by atoms with Crippen molar-refractivity contribution in [2.45, 2.75) is 25.0 Å². The third-order valence-electron chi connectivity index (χ3n) is 5.60. The van der Waals surface area contributed by atoms with Crippen LogP contribution in [0.25, 0.3) is 11.3 Å². The number of likely N-dealkylation sites (N-methyl/N-ethyl adjacent to an activating group) is 1. The van der Waals surface area contributed by atoms with Crippen molar-refractivity contribution in [3.63, 3.8) is 0 Å². The molecule has 2 unspecified atom stereocenters. The van der Waals surface area contributed by atoms with Crippen LogP contribution in [0, 0.1) is 11.6 Å². The van der Waals surface area contributed by atoms with Crippen LogP contribution < -0.4 is 15.4 Å². The van der Waals surface area contributed by atoms with Crippen LogP contribution in [0.1, 0.15) is 12.1 Å². The molecule has 0 aliphatic carbocycles. The predicted molar refractivity (Wildman–Crippen MR) is 131 cm³/mol. The Kier molecular flexibility index (Phi) is 7.70. The van der Waals surface area contributed by atoms with E-state index in [4.69, 9.17) is 11.6 Å². The number of carbonyl (C=O) groups is 2. The summed E-state index contributed by atoms with van der Waals surface area (Å²) in [5.74, 6) is -1.50. The van der Waals surface area contributed by atoms with Crippen LogP contribution in [0.3, 0.4) is 0 Å². The van der Waals surface area contributed by atoms with Crippen LogP contribution in [0.5, 0.6) is 0 Å². The Bertz CT molecular complexity index is 1240. The minimum absolute atomic E-state index is 0.0918. The summed E-state index contributed by atoms with van der Waals surface area (Å²) in [4.78, 5) is 25.7. The molecule has 8 nitrogen and oxygen atoms in total. The van der Waals surface area contributed by atoms with Gasteiger partial charge in [0.15, 0.2) is 0 Å². The number of hydrogen-bond donors (Lipinski definition) is 3. The minimum atomic E-state index is -0.617. The number of aromatic nitrogens is 2. The Morgan fingerprint density at radius 1 is 1.14 bits per heavy atom. The van der Waals surface area contributed by atoms with Gasteiger partial charge in [-0.1, -0.05) is 11.6 Å². The molecule has 4 rings (SSSR count). The van der Waals surface area contributed by atoms with Gasteiger partial charge in [-0.25, -0.2) is 17.8 Å². The molecule has 2 heterocycles. The second-order valence-electron chi connectivity index (χ2n) is 8.05. The summed E-state index contributed by atoms with van der Waals surface area (Å²) in [6, 6.07) is 10.6. The highest BCUT2D eigenvalue weighted by atomic mass is 35.5. The molecule has 35 heavy (non-hydrogen) atoms. The molecule has 1 aliphatic rings. The third-order valence-corrected chi connectivity index (χ3v) is 6.83. The van der Waals surface area contributed by atoms with E-state index in [9.17, 15) is 18.4 Å². The molecular weight excluding hydrogens is 498 g/mol. The molecule has 2 aromatic carbocycles. The fourth-order valence-electron chi connectivity index (χ4n) is 3.60.